The molecule has 0 unspecified atom stereocenters. The maximum absolute atomic E-state index is 13.9. The van der Waals surface area contributed by atoms with Gasteiger partial charge in [-0.05, 0) is 63.1 Å². The second kappa shape index (κ2) is 12.4. The van der Waals surface area contributed by atoms with E-state index in [1.165, 1.54) is 22.8 Å². The summed E-state index contributed by atoms with van der Waals surface area (Å²) < 4.78 is 37.0. The number of nitrogens with one attached hydrogen (secondary N) is 2. The third-order valence-corrected chi connectivity index (χ3v) is 10.5. The monoisotopic (exact) mass is 667 g/mol. The fraction of sp³-hybridized carbons (Fsp3) is 0.290. The highest BCUT2D eigenvalue weighted by Crippen LogP contribution is 2.41. The minimum atomic E-state index is -4.16. The van der Waals surface area contributed by atoms with Gasteiger partial charge in [0.15, 0.2) is 0 Å². The summed E-state index contributed by atoms with van der Waals surface area (Å²) in [6.07, 6.45) is 7.72. The fourth-order valence-electron chi connectivity index (χ4n) is 5.57. The van der Waals surface area contributed by atoms with E-state index in [-0.39, 0.29) is 40.5 Å². The fourth-order valence-corrected chi connectivity index (χ4v) is 8.09. The molecular weight excluding hydrogens is 637 g/mol. The van der Waals surface area contributed by atoms with E-state index in [0.29, 0.717) is 29.8 Å². The van der Waals surface area contributed by atoms with Crippen molar-refractivity contribution in [2.24, 2.45) is 0 Å². The second-order valence-corrected chi connectivity index (χ2v) is 14.0. The number of aromatic nitrogens is 4. The molecule has 0 saturated carbocycles. The summed E-state index contributed by atoms with van der Waals surface area (Å²) in [7, 11) is -4.16. The number of ether oxygens (including phenoxy) is 1. The highest BCUT2D eigenvalue weighted by molar-refractivity contribution is 7.89. The van der Waals surface area contributed by atoms with Crippen molar-refractivity contribution in [3.05, 3.63) is 100 Å². The minimum Gasteiger partial charge on any atom is -0.487 e. The number of fused-ring (bicyclic) bond motifs is 1. The Morgan fingerprint density at radius 2 is 2.00 bits per heavy atom. The van der Waals surface area contributed by atoms with E-state index < -0.39 is 21.6 Å². The molecule has 45 heavy (non-hydrogen) atoms. The number of carbonyl (C=O) groups excluding carboxylic acids is 1. The molecule has 14 heteroatoms. The molecule has 0 aliphatic carbocycles. The van der Waals surface area contributed by atoms with E-state index in [1.54, 1.807) is 29.3 Å². The Morgan fingerprint density at radius 1 is 1.16 bits per heavy atom. The summed E-state index contributed by atoms with van der Waals surface area (Å²) in [6.45, 7) is 4.33. The molecule has 1 saturated heterocycles. The summed E-state index contributed by atoms with van der Waals surface area (Å²) in [5.41, 5.74) is 2.98. The molecule has 2 aliphatic rings. The normalized spacial score (nSPS) is 17.7. The molecule has 6 rings (SSSR count). The van der Waals surface area contributed by atoms with E-state index in [9.17, 15) is 13.2 Å². The van der Waals surface area contributed by atoms with Gasteiger partial charge < -0.3 is 15.4 Å². The molecule has 0 radical (unpaired) electrons. The lowest BCUT2D eigenvalue weighted by Crippen LogP contribution is -2.45. The zero-order chi connectivity index (χ0) is 31.8. The average Bonchev–Trinajstić information content (AvgIpc) is 3.73. The van der Waals surface area contributed by atoms with Gasteiger partial charge in [0.05, 0.1) is 34.2 Å². The molecule has 4 aromatic rings. The zero-order valence-electron chi connectivity index (χ0n) is 24.6. The Kier molecular flexibility index (Phi) is 8.57. The van der Waals surface area contributed by atoms with Crippen molar-refractivity contribution in [3.8, 4) is 5.75 Å². The highest BCUT2D eigenvalue weighted by atomic mass is 35.5. The molecule has 2 N–H and O–H groups in total. The van der Waals surface area contributed by atoms with Crippen LogP contribution in [-0.4, -0.2) is 56.5 Å². The summed E-state index contributed by atoms with van der Waals surface area (Å²) in [4.78, 5) is 21.2. The number of rotatable bonds is 9. The molecule has 1 atom stereocenters. The van der Waals surface area contributed by atoms with E-state index in [4.69, 9.17) is 27.9 Å². The second-order valence-electron chi connectivity index (χ2n) is 11.3. The molecule has 11 nitrogen and oxygen atoms in total. The van der Waals surface area contributed by atoms with Crippen molar-refractivity contribution < 1.29 is 17.9 Å². The Hall–Kier alpha value is -3.97. The first-order chi connectivity index (χ1) is 21.5. The van der Waals surface area contributed by atoms with Crippen LogP contribution in [0, 0.1) is 0 Å². The average molecular weight is 669 g/mol. The summed E-state index contributed by atoms with van der Waals surface area (Å²) >= 11 is 13.3. The smallest absolute Gasteiger partial charge is 0.245 e. The van der Waals surface area contributed by atoms with Gasteiger partial charge in [-0.15, -0.1) is 0 Å². The van der Waals surface area contributed by atoms with Crippen molar-refractivity contribution in [2.75, 3.05) is 11.9 Å². The number of halogens is 2. The highest BCUT2D eigenvalue weighted by Gasteiger charge is 2.40. The van der Waals surface area contributed by atoms with Crippen molar-refractivity contribution >= 4 is 50.5 Å². The van der Waals surface area contributed by atoms with Gasteiger partial charge in [-0.2, -0.15) is 9.40 Å². The van der Waals surface area contributed by atoms with E-state index in [2.05, 4.69) is 31.8 Å². The molecule has 4 heterocycles. The van der Waals surface area contributed by atoms with Gasteiger partial charge in [-0.1, -0.05) is 41.4 Å². The number of hydrogen-bond acceptors (Lipinski definition) is 8. The van der Waals surface area contributed by atoms with Crippen molar-refractivity contribution in [2.45, 2.75) is 56.3 Å². The number of hydrogen-bond donors (Lipinski definition) is 2. The number of carbonyl (C=O) groups is 1. The predicted octanol–water partition coefficient (Wildman–Crippen LogP) is 5.12. The lowest BCUT2D eigenvalue weighted by atomic mass is 9.94. The quantitative estimate of drug-likeness (QED) is 0.251. The number of sulfonamides is 1. The van der Waals surface area contributed by atoms with Crippen molar-refractivity contribution in [3.63, 3.8) is 0 Å². The van der Waals surface area contributed by atoms with Gasteiger partial charge in [-0.3, -0.25) is 9.78 Å². The number of pyridine rings is 1. The third-order valence-electron chi connectivity index (χ3n) is 7.70. The molecule has 234 valence electrons. The third kappa shape index (κ3) is 6.28. The van der Waals surface area contributed by atoms with Gasteiger partial charge in [0.25, 0.3) is 0 Å². The van der Waals surface area contributed by atoms with Crippen LogP contribution in [0.3, 0.4) is 0 Å². The van der Waals surface area contributed by atoms with Crippen LogP contribution in [0.15, 0.2) is 78.4 Å². The largest absolute Gasteiger partial charge is 0.487 e. The summed E-state index contributed by atoms with van der Waals surface area (Å²) in [5.74, 6) is 0.134. The topological polar surface area (TPSA) is 131 Å². The summed E-state index contributed by atoms with van der Waals surface area (Å²) in [6, 6.07) is 13.0. The number of benzene rings is 2. The zero-order valence-corrected chi connectivity index (χ0v) is 26.9. The van der Waals surface area contributed by atoms with Crippen molar-refractivity contribution in [1.82, 2.24) is 29.4 Å². The Bertz CT molecular complexity index is 1870. The Morgan fingerprint density at radius 3 is 2.76 bits per heavy atom. The molecular formula is C31H31Cl2N7O4S. The van der Waals surface area contributed by atoms with Crippen LogP contribution in [-0.2, 0) is 28.0 Å². The Balaban J connectivity index is 1.24. The minimum absolute atomic E-state index is 0.0525. The van der Waals surface area contributed by atoms with Crippen LogP contribution in [0.2, 0.25) is 10.0 Å². The Labute approximate surface area is 271 Å². The molecule has 1 fully saturated rings. The molecule has 0 bridgehead atoms. The van der Waals surface area contributed by atoms with Gasteiger partial charge >= 0.3 is 0 Å². The van der Waals surface area contributed by atoms with Crippen LogP contribution < -0.4 is 15.4 Å². The molecule has 2 aromatic carbocycles. The van der Waals surface area contributed by atoms with Crippen LogP contribution in [0.5, 0.6) is 5.75 Å². The van der Waals surface area contributed by atoms with Crippen LogP contribution in [0.25, 0.3) is 5.70 Å². The predicted molar refractivity (Wildman–Crippen MR) is 171 cm³/mol. The molecule has 0 spiro atoms. The van der Waals surface area contributed by atoms with E-state index in [1.807, 2.05) is 38.1 Å². The number of anilines is 1. The number of amides is 1. The SMILES string of the molecule is CC1(C)C=C(n2cncn2)c2cccc(OCc3c(Cl)ccc(S(=O)(=O)N4CCC[C@H]4C(=O)NCc4ccccn4)c3Cl)c2N1. The van der Waals surface area contributed by atoms with Crippen LogP contribution in [0.4, 0.5) is 5.69 Å². The number of nitrogens with zero attached hydrogens (tertiary/aromatic N) is 5. The lowest BCUT2D eigenvalue weighted by molar-refractivity contribution is -0.124. The van der Waals surface area contributed by atoms with Crippen LogP contribution in [0.1, 0.15) is 43.5 Å². The first kappa shape index (κ1) is 31.0. The first-order valence-corrected chi connectivity index (χ1v) is 16.5. The molecule has 2 aromatic heterocycles. The summed E-state index contributed by atoms with van der Waals surface area (Å²) in [5, 5.41) is 10.8. The first-order valence-electron chi connectivity index (χ1n) is 14.3. The number of para-hydroxylation sites is 1. The van der Waals surface area contributed by atoms with E-state index in [0.717, 1.165) is 16.9 Å². The lowest BCUT2D eigenvalue weighted by Gasteiger charge is -2.33. The van der Waals surface area contributed by atoms with Crippen LogP contribution >= 0.6 is 23.2 Å². The maximum Gasteiger partial charge on any atom is 0.245 e. The van der Waals surface area contributed by atoms with Gasteiger partial charge in [0.2, 0.25) is 15.9 Å². The maximum atomic E-state index is 13.9. The van der Waals surface area contributed by atoms with Crippen molar-refractivity contribution in [1.29, 1.82) is 0 Å². The molecule has 1 amide bonds. The molecule has 2 aliphatic heterocycles. The van der Waals surface area contributed by atoms with E-state index >= 15 is 0 Å². The van der Waals surface area contributed by atoms with Gasteiger partial charge in [0, 0.05) is 28.9 Å². The van der Waals surface area contributed by atoms with Gasteiger partial charge in [0.1, 0.15) is 35.9 Å². The van der Waals surface area contributed by atoms with Gasteiger partial charge in [-0.25, -0.2) is 18.1 Å². The standard InChI is InChI=1S/C31H31Cl2N7O4S/c1-31(2)15-25(39-19-34-18-37-39)21-8-5-10-26(29(21)38-31)44-17-22-23(32)11-12-27(28(22)33)45(42,43)40-14-6-9-24(40)30(41)36-16-20-7-3-4-13-35-20/h3-5,7-8,10-13,15,18-19,24,38H,6,9,14,16-17H2,1-2H3,(H,36,41)/t24-/m0/s1.